The molecule has 0 radical (unpaired) electrons. The lowest BCUT2D eigenvalue weighted by molar-refractivity contribution is 0.0623. The van der Waals surface area contributed by atoms with Crippen LogP contribution in [0.4, 0.5) is 0 Å². The third-order valence-corrected chi connectivity index (χ3v) is 6.59. The summed E-state index contributed by atoms with van der Waals surface area (Å²) in [6.45, 7) is 1.36. The van der Waals surface area contributed by atoms with Gasteiger partial charge < -0.3 is 9.52 Å². The first-order chi connectivity index (χ1) is 11.8. The molecule has 0 saturated heterocycles. The third kappa shape index (κ3) is 3.51. The van der Waals surface area contributed by atoms with Crippen LogP contribution in [0.1, 0.15) is 16.9 Å². The molecule has 8 heteroatoms. The van der Waals surface area contributed by atoms with Gasteiger partial charge in [-0.25, -0.2) is 13.1 Å². The monoisotopic (exact) mass is 397 g/mol. The normalized spacial score (nSPS) is 14.4. The van der Waals surface area contributed by atoms with Crippen molar-refractivity contribution in [1.29, 1.82) is 0 Å². The van der Waals surface area contributed by atoms with Crippen LogP contribution in [0.5, 0.6) is 0 Å². The average Bonchev–Trinajstić information content (AvgIpc) is 3.29. The largest absolute Gasteiger partial charge is 0.466 e. The molecule has 132 valence electrons. The molecule has 5 nitrogen and oxygen atoms in total. The summed E-state index contributed by atoms with van der Waals surface area (Å²) in [5.41, 5.74) is -0.602. The van der Waals surface area contributed by atoms with Crippen LogP contribution in [0.25, 0.3) is 0 Å². The molecule has 1 atom stereocenters. The summed E-state index contributed by atoms with van der Waals surface area (Å²) < 4.78 is 33.2. The van der Waals surface area contributed by atoms with E-state index in [1.165, 1.54) is 23.7 Å². The first-order valence-corrected chi connectivity index (χ1v) is 10.2. The van der Waals surface area contributed by atoms with Crippen molar-refractivity contribution in [2.45, 2.75) is 17.4 Å². The van der Waals surface area contributed by atoms with Crippen LogP contribution in [-0.4, -0.2) is 20.1 Å². The second-order valence-electron chi connectivity index (χ2n) is 5.54. The second-order valence-corrected chi connectivity index (χ2v) is 8.46. The number of rotatable bonds is 6. The molecule has 0 aliphatic carbocycles. The summed E-state index contributed by atoms with van der Waals surface area (Å²) in [6.07, 6.45) is 1.43. The van der Waals surface area contributed by atoms with Crippen molar-refractivity contribution in [3.05, 3.63) is 75.3 Å². The molecule has 0 fully saturated rings. The molecule has 3 aromatic rings. The van der Waals surface area contributed by atoms with E-state index in [0.29, 0.717) is 16.1 Å². The molecule has 3 rings (SSSR count). The Morgan fingerprint density at radius 1 is 1.28 bits per heavy atom. The van der Waals surface area contributed by atoms with Crippen LogP contribution >= 0.6 is 22.9 Å². The fourth-order valence-electron chi connectivity index (χ4n) is 2.50. The summed E-state index contributed by atoms with van der Waals surface area (Å²) in [7, 11) is -3.86. The Labute approximate surface area is 154 Å². The van der Waals surface area contributed by atoms with Gasteiger partial charge in [-0.1, -0.05) is 17.7 Å². The molecular weight excluding hydrogens is 382 g/mol. The minimum Gasteiger partial charge on any atom is -0.466 e. The maximum Gasteiger partial charge on any atom is 0.241 e. The molecule has 0 amide bonds. The predicted octanol–water partition coefficient (Wildman–Crippen LogP) is 3.52. The van der Waals surface area contributed by atoms with Crippen molar-refractivity contribution < 1.29 is 17.9 Å². The molecule has 0 unspecified atom stereocenters. The zero-order chi connectivity index (χ0) is 18.1. The van der Waals surface area contributed by atoms with Crippen LogP contribution in [0.2, 0.25) is 5.02 Å². The Balaban J connectivity index is 1.93. The van der Waals surface area contributed by atoms with Gasteiger partial charge in [-0.3, -0.25) is 0 Å². The van der Waals surface area contributed by atoms with E-state index < -0.39 is 15.6 Å². The summed E-state index contributed by atoms with van der Waals surface area (Å²) >= 11 is 7.42. The highest BCUT2D eigenvalue weighted by Crippen LogP contribution is 2.32. The van der Waals surface area contributed by atoms with Gasteiger partial charge in [0, 0.05) is 10.6 Å². The summed E-state index contributed by atoms with van der Waals surface area (Å²) in [4.78, 5) is 0.0760. The van der Waals surface area contributed by atoms with Crippen molar-refractivity contribution >= 4 is 33.0 Å². The minimum atomic E-state index is -3.86. The Morgan fingerprint density at radius 2 is 2.08 bits per heavy atom. The molecule has 2 heterocycles. The molecule has 0 aliphatic heterocycles. The summed E-state index contributed by atoms with van der Waals surface area (Å²) in [5.74, 6) is 0.261. The zero-order valence-electron chi connectivity index (χ0n) is 13.3. The van der Waals surface area contributed by atoms with E-state index in [1.54, 1.807) is 48.0 Å². The number of thiophene rings is 1. The minimum absolute atomic E-state index is 0.0760. The van der Waals surface area contributed by atoms with E-state index >= 15 is 0 Å². The van der Waals surface area contributed by atoms with Crippen LogP contribution in [-0.2, 0) is 15.6 Å². The van der Waals surface area contributed by atoms with E-state index in [4.69, 9.17) is 16.0 Å². The number of furan rings is 1. The summed E-state index contributed by atoms with van der Waals surface area (Å²) in [5, 5.41) is 15.0. The topological polar surface area (TPSA) is 79.5 Å². The van der Waals surface area contributed by atoms with Gasteiger partial charge in [0.05, 0.1) is 17.7 Å². The Kier molecular flexibility index (Phi) is 5.04. The van der Waals surface area contributed by atoms with Gasteiger partial charge in [-0.2, -0.15) is 11.3 Å². The van der Waals surface area contributed by atoms with E-state index in [1.807, 2.05) is 0 Å². The first-order valence-electron chi connectivity index (χ1n) is 7.38. The van der Waals surface area contributed by atoms with E-state index in [9.17, 15) is 13.5 Å². The van der Waals surface area contributed by atoms with Gasteiger partial charge in [-0.15, -0.1) is 0 Å². The highest BCUT2D eigenvalue weighted by atomic mass is 35.5. The van der Waals surface area contributed by atoms with Crippen molar-refractivity contribution in [3.8, 4) is 0 Å². The second kappa shape index (κ2) is 6.93. The maximum atomic E-state index is 12.7. The molecule has 2 aromatic heterocycles. The van der Waals surface area contributed by atoms with Gasteiger partial charge in [0.2, 0.25) is 10.0 Å². The van der Waals surface area contributed by atoms with Crippen LogP contribution in [0.15, 0.2) is 62.7 Å². The lowest BCUT2D eigenvalue weighted by Crippen LogP contribution is -2.41. The smallest absolute Gasteiger partial charge is 0.241 e. The summed E-state index contributed by atoms with van der Waals surface area (Å²) in [6, 6.07) is 9.65. The molecular formula is C17H16ClNO4S2. The highest BCUT2D eigenvalue weighted by molar-refractivity contribution is 7.89. The third-order valence-electron chi connectivity index (χ3n) is 3.95. The van der Waals surface area contributed by atoms with Gasteiger partial charge in [-0.05, 0) is 53.6 Å². The number of benzene rings is 1. The zero-order valence-corrected chi connectivity index (χ0v) is 15.7. The Bertz CT molecular complexity index is 916. The maximum absolute atomic E-state index is 12.7. The molecule has 25 heavy (non-hydrogen) atoms. The first kappa shape index (κ1) is 18.2. The fraction of sp³-hybridized carbons (Fsp3) is 0.176. The molecule has 0 spiro atoms. The number of halogens is 1. The fourth-order valence-corrected chi connectivity index (χ4v) is 4.78. The van der Waals surface area contributed by atoms with Crippen LogP contribution in [0.3, 0.4) is 0 Å². The van der Waals surface area contributed by atoms with Crippen molar-refractivity contribution in [3.63, 3.8) is 0 Å². The molecule has 0 bridgehead atoms. The number of sulfonamides is 1. The molecule has 1 aromatic carbocycles. The Morgan fingerprint density at radius 3 is 2.72 bits per heavy atom. The highest BCUT2D eigenvalue weighted by Gasteiger charge is 2.36. The lowest BCUT2D eigenvalue weighted by atomic mass is 9.94. The van der Waals surface area contributed by atoms with Gasteiger partial charge in [0.25, 0.3) is 0 Å². The van der Waals surface area contributed by atoms with Crippen molar-refractivity contribution in [2.24, 2.45) is 0 Å². The average molecular weight is 398 g/mol. The van der Waals surface area contributed by atoms with E-state index in [2.05, 4.69) is 4.72 Å². The Hall–Kier alpha value is -1.64. The van der Waals surface area contributed by atoms with Gasteiger partial charge in [0.1, 0.15) is 5.76 Å². The standard InChI is InChI=1S/C17H16ClNO4S2/c1-12-14(18)4-2-5-15(12)25(21,22)19-11-17(20,13-7-9-24-10-13)16-6-3-8-23-16/h2-10,19-20H,11H2,1H3/t17-/m0/s1. The predicted molar refractivity (Wildman–Crippen MR) is 97.4 cm³/mol. The SMILES string of the molecule is Cc1c(Cl)cccc1S(=O)(=O)NC[C@](O)(c1ccsc1)c1ccco1. The molecule has 0 aliphatic rings. The number of hydrogen-bond acceptors (Lipinski definition) is 5. The molecule has 2 N–H and O–H groups in total. The van der Waals surface area contributed by atoms with Gasteiger partial charge in [0.15, 0.2) is 5.60 Å². The van der Waals surface area contributed by atoms with Crippen molar-refractivity contribution in [1.82, 2.24) is 4.72 Å². The van der Waals surface area contributed by atoms with E-state index in [-0.39, 0.29) is 17.2 Å². The van der Waals surface area contributed by atoms with Crippen LogP contribution in [0, 0.1) is 6.92 Å². The quantitative estimate of drug-likeness (QED) is 0.667. The number of hydrogen-bond donors (Lipinski definition) is 2. The number of aliphatic hydroxyl groups is 1. The lowest BCUT2D eigenvalue weighted by Gasteiger charge is -2.26. The van der Waals surface area contributed by atoms with Crippen molar-refractivity contribution in [2.75, 3.05) is 6.54 Å². The van der Waals surface area contributed by atoms with Crippen LogP contribution < -0.4 is 4.72 Å². The number of nitrogens with one attached hydrogen (secondary N) is 1. The molecule has 0 saturated carbocycles. The van der Waals surface area contributed by atoms with Gasteiger partial charge >= 0.3 is 0 Å². The van der Waals surface area contributed by atoms with E-state index in [0.717, 1.165) is 0 Å².